The van der Waals surface area contributed by atoms with E-state index in [0.717, 1.165) is 24.8 Å². The van der Waals surface area contributed by atoms with Crippen molar-refractivity contribution in [1.29, 1.82) is 0 Å². The van der Waals surface area contributed by atoms with Crippen molar-refractivity contribution in [1.82, 2.24) is 15.3 Å². The van der Waals surface area contributed by atoms with E-state index in [1.165, 1.54) is 6.20 Å². The van der Waals surface area contributed by atoms with Crippen molar-refractivity contribution in [3.05, 3.63) is 41.9 Å². The lowest BCUT2D eigenvalue weighted by Gasteiger charge is -2.10. The third-order valence-electron chi connectivity index (χ3n) is 3.87. The number of benzene rings is 1. The van der Waals surface area contributed by atoms with E-state index >= 15 is 0 Å². The number of carbonyl (C=O) groups is 1. The number of aromatic nitrogens is 2. The molecule has 2 rings (SSSR count). The van der Waals surface area contributed by atoms with Gasteiger partial charge in [0.25, 0.3) is 5.91 Å². The Balaban J connectivity index is 1.88. The second-order valence-corrected chi connectivity index (χ2v) is 5.79. The number of carbonyl (C=O) groups excluding carboxylic acids is 1. The van der Waals surface area contributed by atoms with Crippen LogP contribution in [0.25, 0.3) is 0 Å². The fourth-order valence-electron chi connectivity index (χ4n) is 2.39. The molecule has 2 N–H and O–H groups in total. The summed E-state index contributed by atoms with van der Waals surface area (Å²) in [6, 6.07) is 5.70. The Morgan fingerprint density at radius 1 is 1.08 bits per heavy atom. The lowest BCUT2D eigenvalue weighted by Crippen LogP contribution is -2.25. The van der Waals surface area contributed by atoms with Crippen molar-refractivity contribution in [2.75, 3.05) is 26.1 Å². The van der Waals surface area contributed by atoms with Crippen LogP contribution < -0.4 is 20.1 Å². The third kappa shape index (κ3) is 5.61. The van der Waals surface area contributed by atoms with Crippen LogP contribution in [0.15, 0.2) is 30.6 Å². The first kappa shape index (κ1) is 19.5. The molecule has 0 saturated carbocycles. The number of hydrogen-bond acceptors (Lipinski definition) is 6. The Kier molecular flexibility index (Phi) is 7.67. The van der Waals surface area contributed by atoms with Crippen LogP contribution in [0.5, 0.6) is 11.5 Å². The van der Waals surface area contributed by atoms with Gasteiger partial charge in [0.2, 0.25) is 0 Å². The van der Waals surface area contributed by atoms with E-state index in [1.807, 2.05) is 18.2 Å². The average Bonchev–Trinajstić information content (AvgIpc) is 2.69. The van der Waals surface area contributed by atoms with Crippen molar-refractivity contribution >= 4 is 11.7 Å². The zero-order chi connectivity index (χ0) is 18.8. The van der Waals surface area contributed by atoms with Gasteiger partial charge in [-0.15, -0.1) is 0 Å². The molecule has 7 heteroatoms. The van der Waals surface area contributed by atoms with Gasteiger partial charge >= 0.3 is 0 Å². The number of unbranched alkanes of at least 4 members (excludes halogenated alkanes) is 2. The van der Waals surface area contributed by atoms with Gasteiger partial charge < -0.3 is 20.1 Å². The number of anilines is 1. The molecule has 0 unspecified atom stereocenters. The number of rotatable bonds is 10. The molecule has 0 bridgehead atoms. The monoisotopic (exact) mass is 358 g/mol. The van der Waals surface area contributed by atoms with Crippen LogP contribution in [0.2, 0.25) is 0 Å². The van der Waals surface area contributed by atoms with Crippen molar-refractivity contribution in [2.45, 2.75) is 32.7 Å². The highest BCUT2D eigenvalue weighted by Crippen LogP contribution is 2.27. The summed E-state index contributed by atoms with van der Waals surface area (Å²) < 4.78 is 10.5. The Morgan fingerprint density at radius 3 is 2.54 bits per heavy atom. The largest absolute Gasteiger partial charge is 0.493 e. The minimum atomic E-state index is -0.194. The predicted octanol–water partition coefficient (Wildman–Crippen LogP) is 3.03. The highest BCUT2D eigenvalue weighted by Gasteiger charge is 2.08. The second-order valence-electron chi connectivity index (χ2n) is 5.79. The maximum atomic E-state index is 12.0. The highest BCUT2D eigenvalue weighted by atomic mass is 16.5. The number of hydrogen-bond donors (Lipinski definition) is 2. The van der Waals surface area contributed by atoms with Crippen LogP contribution in [-0.4, -0.2) is 36.6 Å². The third-order valence-corrected chi connectivity index (χ3v) is 3.87. The number of amides is 1. The van der Waals surface area contributed by atoms with Gasteiger partial charge in [0.1, 0.15) is 11.5 Å². The summed E-state index contributed by atoms with van der Waals surface area (Å²) in [5, 5.41) is 6.02. The van der Waals surface area contributed by atoms with Crippen molar-refractivity contribution < 1.29 is 14.3 Å². The van der Waals surface area contributed by atoms with Crippen molar-refractivity contribution in [3.8, 4) is 11.5 Å². The van der Waals surface area contributed by atoms with Crippen molar-refractivity contribution in [2.24, 2.45) is 0 Å². The van der Waals surface area contributed by atoms with E-state index in [-0.39, 0.29) is 5.91 Å². The first-order chi connectivity index (χ1) is 12.7. The van der Waals surface area contributed by atoms with Crippen LogP contribution in [0.3, 0.4) is 0 Å². The topological polar surface area (TPSA) is 85.4 Å². The molecule has 0 aliphatic carbocycles. The fraction of sp³-hybridized carbons (Fsp3) is 0.421. The van der Waals surface area contributed by atoms with Gasteiger partial charge in [0.05, 0.1) is 26.6 Å². The maximum absolute atomic E-state index is 12.0. The molecule has 0 aliphatic heterocycles. The summed E-state index contributed by atoms with van der Waals surface area (Å²) in [6.45, 7) is 3.34. The summed E-state index contributed by atoms with van der Waals surface area (Å²) in [7, 11) is 3.21. The van der Waals surface area contributed by atoms with E-state index < -0.39 is 0 Å². The molecule has 0 saturated heterocycles. The first-order valence-corrected chi connectivity index (χ1v) is 8.73. The van der Waals surface area contributed by atoms with E-state index in [1.54, 1.807) is 20.4 Å². The molecular weight excluding hydrogens is 332 g/mol. The van der Waals surface area contributed by atoms with Crippen LogP contribution in [0, 0.1) is 0 Å². The number of methoxy groups -OCH3 is 2. The van der Waals surface area contributed by atoms with Crippen molar-refractivity contribution in [3.63, 3.8) is 0 Å². The smallest absolute Gasteiger partial charge is 0.271 e. The minimum absolute atomic E-state index is 0.194. The van der Waals surface area contributed by atoms with Gasteiger partial charge in [-0.3, -0.25) is 4.79 Å². The van der Waals surface area contributed by atoms with Gasteiger partial charge in [-0.1, -0.05) is 25.8 Å². The normalized spacial score (nSPS) is 10.3. The van der Waals surface area contributed by atoms with E-state index in [4.69, 9.17) is 9.47 Å². The zero-order valence-electron chi connectivity index (χ0n) is 15.5. The Labute approximate surface area is 154 Å². The second kappa shape index (κ2) is 10.2. The van der Waals surface area contributed by atoms with Gasteiger partial charge in [-0.05, 0) is 24.1 Å². The van der Waals surface area contributed by atoms with E-state index in [9.17, 15) is 4.79 Å². The maximum Gasteiger partial charge on any atom is 0.271 e. The number of ether oxygens (including phenoxy) is 2. The quantitative estimate of drug-likeness (QED) is 0.635. The van der Waals surface area contributed by atoms with Crippen LogP contribution in [0.1, 0.15) is 42.2 Å². The summed E-state index contributed by atoms with van der Waals surface area (Å²) in [6.07, 6.45) is 6.23. The molecule has 0 radical (unpaired) electrons. The molecule has 0 spiro atoms. The minimum Gasteiger partial charge on any atom is -0.493 e. The SMILES string of the molecule is CCCCCNC(=O)c1cnc(NCc2ccc(OC)c(OC)c2)cn1. The molecule has 1 aromatic heterocycles. The van der Waals surface area contributed by atoms with Gasteiger partial charge in [-0.2, -0.15) is 0 Å². The lowest BCUT2D eigenvalue weighted by atomic mass is 10.2. The van der Waals surface area contributed by atoms with Gasteiger partial charge in [0, 0.05) is 13.1 Å². The predicted molar refractivity (Wildman–Crippen MR) is 101 cm³/mol. The molecule has 7 nitrogen and oxygen atoms in total. The van der Waals surface area contributed by atoms with E-state index in [0.29, 0.717) is 36.1 Å². The standard InChI is InChI=1S/C19H26N4O3/c1-4-5-6-9-20-19(24)15-12-23-18(13-21-15)22-11-14-7-8-16(25-2)17(10-14)26-3/h7-8,10,12-13H,4-6,9,11H2,1-3H3,(H,20,24)(H,22,23). The highest BCUT2D eigenvalue weighted by molar-refractivity contribution is 5.91. The number of nitrogens with zero attached hydrogens (tertiary/aromatic N) is 2. The summed E-state index contributed by atoms with van der Waals surface area (Å²) in [5.41, 5.74) is 1.33. The molecule has 1 heterocycles. The molecule has 1 amide bonds. The van der Waals surface area contributed by atoms with Gasteiger partial charge in [-0.25, -0.2) is 9.97 Å². The Morgan fingerprint density at radius 2 is 1.88 bits per heavy atom. The molecule has 0 atom stereocenters. The first-order valence-electron chi connectivity index (χ1n) is 8.73. The Bertz CT molecular complexity index is 704. The Hall–Kier alpha value is -2.83. The summed E-state index contributed by atoms with van der Waals surface area (Å²) >= 11 is 0. The summed E-state index contributed by atoms with van der Waals surface area (Å²) in [5.74, 6) is 1.76. The molecule has 26 heavy (non-hydrogen) atoms. The van der Waals surface area contributed by atoms with Crippen LogP contribution >= 0.6 is 0 Å². The van der Waals surface area contributed by atoms with E-state index in [2.05, 4.69) is 27.5 Å². The molecular formula is C19H26N4O3. The molecule has 0 fully saturated rings. The molecule has 1 aromatic carbocycles. The van der Waals surface area contributed by atoms with Crippen LogP contribution in [0.4, 0.5) is 5.82 Å². The fourth-order valence-corrected chi connectivity index (χ4v) is 2.39. The average molecular weight is 358 g/mol. The molecule has 0 aliphatic rings. The lowest BCUT2D eigenvalue weighted by molar-refractivity contribution is 0.0947. The van der Waals surface area contributed by atoms with Crippen LogP contribution in [-0.2, 0) is 6.54 Å². The number of nitrogens with one attached hydrogen (secondary N) is 2. The molecule has 2 aromatic rings. The molecule has 140 valence electrons. The van der Waals surface area contributed by atoms with Gasteiger partial charge in [0.15, 0.2) is 11.5 Å². The zero-order valence-corrected chi connectivity index (χ0v) is 15.5. The summed E-state index contributed by atoms with van der Waals surface area (Å²) in [4.78, 5) is 20.4.